The molecule has 2 heteroatoms. The van der Waals surface area contributed by atoms with Crippen molar-refractivity contribution in [3.63, 3.8) is 0 Å². The van der Waals surface area contributed by atoms with E-state index < -0.39 is 0 Å². The molecule has 0 bridgehead atoms. The van der Waals surface area contributed by atoms with E-state index in [0.717, 1.165) is 19.6 Å². The lowest BCUT2D eigenvalue weighted by Crippen LogP contribution is -2.27. The van der Waals surface area contributed by atoms with Crippen molar-refractivity contribution in [2.24, 2.45) is 0 Å². The normalized spacial score (nSPS) is 14.9. The second kappa shape index (κ2) is 3.55. The zero-order valence-corrected chi connectivity index (χ0v) is 8.61. The van der Waals surface area contributed by atoms with Gasteiger partial charge in [0.1, 0.15) is 0 Å². The summed E-state index contributed by atoms with van der Waals surface area (Å²) in [7, 11) is 0. The van der Waals surface area contributed by atoms with Crippen molar-refractivity contribution in [2.75, 3.05) is 6.54 Å². The van der Waals surface area contributed by atoms with Gasteiger partial charge in [0.15, 0.2) is 0 Å². The van der Waals surface area contributed by atoms with Crippen LogP contribution in [0.3, 0.4) is 0 Å². The highest BCUT2D eigenvalue weighted by molar-refractivity contribution is 5.66. The quantitative estimate of drug-likeness (QED) is 0.743. The van der Waals surface area contributed by atoms with E-state index in [2.05, 4.69) is 52.5 Å². The molecule has 0 radical (unpaired) electrons. The first kappa shape index (κ1) is 8.74. The Morgan fingerprint density at radius 3 is 2.80 bits per heavy atom. The summed E-state index contributed by atoms with van der Waals surface area (Å²) in [6.45, 7) is 3.15. The van der Waals surface area contributed by atoms with Crippen LogP contribution in [0.5, 0.6) is 0 Å². The number of benzene rings is 1. The van der Waals surface area contributed by atoms with Gasteiger partial charge in [-0.15, -0.1) is 0 Å². The topological polar surface area (TPSA) is 17.0 Å². The fraction of sp³-hybridized carbons (Fsp3) is 0.231. The van der Waals surface area contributed by atoms with Crippen LogP contribution in [-0.4, -0.2) is 11.1 Å². The highest BCUT2D eigenvalue weighted by Gasteiger charge is 2.13. The van der Waals surface area contributed by atoms with E-state index in [-0.39, 0.29) is 0 Å². The second-order valence-corrected chi connectivity index (χ2v) is 3.91. The Morgan fingerprint density at radius 1 is 1.07 bits per heavy atom. The molecular weight excluding hydrogens is 184 g/mol. The molecule has 0 unspecified atom stereocenters. The highest BCUT2D eigenvalue weighted by Crippen LogP contribution is 2.25. The third-order valence-corrected chi connectivity index (χ3v) is 2.99. The average molecular weight is 198 g/mol. The molecule has 0 amide bonds. The van der Waals surface area contributed by atoms with Crippen molar-refractivity contribution in [1.29, 1.82) is 0 Å². The third kappa shape index (κ3) is 1.47. The van der Waals surface area contributed by atoms with Crippen molar-refractivity contribution in [3.05, 3.63) is 48.3 Å². The standard InChI is InChI=1S/C13H14N2/c1-2-4-11(5-3-1)12-6-8-15-9-7-14-10-13(12)15/h1-6,8,14H,7,9-10H2. The van der Waals surface area contributed by atoms with Gasteiger partial charge >= 0.3 is 0 Å². The fourth-order valence-corrected chi connectivity index (χ4v) is 2.20. The lowest BCUT2D eigenvalue weighted by Gasteiger charge is -2.18. The Kier molecular flexibility index (Phi) is 2.07. The summed E-state index contributed by atoms with van der Waals surface area (Å²) < 4.78 is 2.35. The minimum Gasteiger partial charge on any atom is -0.348 e. The minimum atomic E-state index is 0.983. The van der Waals surface area contributed by atoms with E-state index in [1.807, 2.05) is 0 Å². The lowest BCUT2D eigenvalue weighted by atomic mass is 10.1. The molecule has 1 N–H and O–H groups in total. The smallest absolute Gasteiger partial charge is 0.0394 e. The van der Waals surface area contributed by atoms with Crippen LogP contribution in [0, 0.1) is 0 Å². The van der Waals surface area contributed by atoms with Gasteiger partial charge in [-0.05, 0) is 11.6 Å². The first-order valence-corrected chi connectivity index (χ1v) is 5.39. The molecule has 0 saturated carbocycles. The van der Waals surface area contributed by atoms with Crippen molar-refractivity contribution >= 4 is 0 Å². The van der Waals surface area contributed by atoms with Gasteiger partial charge in [-0.1, -0.05) is 30.3 Å². The second-order valence-electron chi connectivity index (χ2n) is 3.91. The van der Waals surface area contributed by atoms with Gasteiger partial charge in [-0.3, -0.25) is 0 Å². The largest absolute Gasteiger partial charge is 0.348 e. The van der Waals surface area contributed by atoms with Crippen LogP contribution < -0.4 is 5.32 Å². The predicted octanol–water partition coefficient (Wildman–Crippen LogP) is 2.26. The molecule has 2 nitrogen and oxygen atoms in total. The fourth-order valence-electron chi connectivity index (χ4n) is 2.20. The van der Waals surface area contributed by atoms with Crippen LogP contribution in [0.1, 0.15) is 5.69 Å². The van der Waals surface area contributed by atoms with Gasteiger partial charge in [0.25, 0.3) is 0 Å². The van der Waals surface area contributed by atoms with Gasteiger partial charge in [-0.25, -0.2) is 0 Å². The van der Waals surface area contributed by atoms with Gasteiger partial charge in [0.2, 0.25) is 0 Å². The molecule has 1 aromatic heterocycles. The first-order chi connectivity index (χ1) is 7.45. The molecule has 0 saturated heterocycles. The summed E-state index contributed by atoms with van der Waals surface area (Å²) in [6.07, 6.45) is 2.19. The van der Waals surface area contributed by atoms with Gasteiger partial charge in [-0.2, -0.15) is 0 Å². The van der Waals surface area contributed by atoms with E-state index in [9.17, 15) is 0 Å². The van der Waals surface area contributed by atoms with E-state index in [4.69, 9.17) is 0 Å². The number of hydrogen-bond acceptors (Lipinski definition) is 1. The molecule has 1 aliphatic rings. The Balaban J connectivity index is 2.09. The molecule has 2 aromatic rings. The van der Waals surface area contributed by atoms with Gasteiger partial charge in [0, 0.05) is 37.1 Å². The number of nitrogens with zero attached hydrogens (tertiary/aromatic N) is 1. The average Bonchev–Trinajstić information content (AvgIpc) is 2.74. The maximum absolute atomic E-state index is 3.42. The molecule has 15 heavy (non-hydrogen) atoms. The highest BCUT2D eigenvalue weighted by atomic mass is 15.1. The first-order valence-electron chi connectivity index (χ1n) is 5.39. The molecule has 0 aliphatic carbocycles. The van der Waals surface area contributed by atoms with Crippen LogP contribution in [0.15, 0.2) is 42.6 Å². The molecule has 1 aromatic carbocycles. The number of hydrogen-bond donors (Lipinski definition) is 1. The maximum atomic E-state index is 3.42. The molecule has 0 spiro atoms. The van der Waals surface area contributed by atoms with Gasteiger partial charge < -0.3 is 9.88 Å². The summed E-state index contributed by atoms with van der Waals surface area (Å²) in [5.41, 5.74) is 4.09. The van der Waals surface area contributed by atoms with E-state index >= 15 is 0 Å². The molecule has 0 fully saturated rings. The number of aromatic nitrogens is 1. The molecular formula is C13H14N2. The van der Waals surface area contributed by atoms with Crippen LogP contribution in [0.4, 0.5) is 0 Å². The summed E-state index contributed by atoms with van der Waals surface area (Å²) >= 11 is 0. The summed E-state index contributed by atoms with van der Waals surface area (Å²) in [5.74, 6) is 0. The van der Waals surface area contributed by atoms with Crippen molar-refractivity contribution in [1.82, 2.24) is 9.88 Å². The van der Waals surface area contributed by atoms with E-state index in [1.165, 1.54) is 16.8 Å². The molecule has 76 valence electrons. The van der Waals surface area contributed by atoms with E-state index in [0.29, 0.717) is 0 Å². The van der Waals surface area contributed by atoms with Crippen LogP contribution >= 0.6 is 0 Å². The maximum Gasteiger partial charge on any atom is 0.0394 e. The van der Waals surface area contributed by atoms with Crippen LogP contribution in [-0.2, 0) is 13.1 Å². The Morgan fingerprint density at radius 2 is 1.93 bits per heavy atom. The summed E-state index contributed by atoms with van der Waals surface area (Å²) in [4.78, 5) is 0. The molecule has 3 rings (SSSR count). The van der Waals surface area contributed by atoms with Crippen LogP contribution in [0.2, 0.25) is 0 Å². The Bertz CT molecular complexity index is 457. The van der Waals surface area contributed by atoms with Crippen molar-refractivity contribution in [3.8, 4) is 11.1 Å². The molecule has 0 atom stereocenters. The minimum absolute atomic E-state index is 0.983. The lowest BCUT2D eigenvalue weighted by molar-refractivity contribution is 0.518. The third-order valence-electron chi connectivity index (χ3n) is 2.99. The SMILES string of the molecule is c1ccc(-c2ccn3c2CNCC3)cc1. The summed E-state index contributed by atoms with van der Waals surface area (Å²) in [5, 5.41) is 3.42. The summed E-state index contributed by atoms with van der Waals surface area (Å²) in [6, 6.07) is 12.8. The molecule has 1 aliphatic heterocycles. The zero-order valence-electron chi connectivity index (χ0n) is 8.61. The van der Waals surface area contributed by atoms with Crippen molar-refractivity contribution in [2.45, 2.75) is 13.1 Å². The Hall–Kier alpha value is -1.54. The monoisotopic (exact) mass is 198 g/mol. The number of nitrogens with one attached hydrogen (secondary N) is 1. The zero-order chi connectivity index (χ0) is 10.1. The Labute approximate surface area is 89.5 Å². The van der Waals surface area contributed by atoms with Crippen molar-refractivity contribution < 1.29 is 0 Å². The predicted molar refractivity (Wildman–Crippen MR) is 61.6 cm³/mol. The molecule has 2 heterocycles. The van der Waals surface area contributed by atoms with E-state index in [1.54, 1.807) is 0 Å². The van der Waals surface area contributed by atoms with Crippen LogP contribution in [0.25, 0.3) is 11.1 Å². The van der Waals surface area contributed by atoms with Gasteiger partial charge in [0.05, 0.1) is 0 Å². The number of fused-ring (bicyclic) bond motifs is 1. The number of rotatable bonds is 1.